The maximum absolute atomic E-state index is 5.64. The van der Waals surface area contributed by atoms with Gasteiger partial charge in [0.1, 0.15) is 5.76 Å². The number of likely N-dealkylation sites (N-methyl/N-ethyl adjacent to an activating group) is 1. The Hall–Kier alpha value is -1.13. The van der Waals surface area contributed by atoms with Crippen LogP contribution in [0.25, 0.3) is 0 Å². The molecular formula is C16H24N2OS. The lowest BCUT2D eigenvalue weighted by Crippen LogP contribution is -2.23. The molecule has 0 aromatic carbocycles. The van der Waals surface area contributed by atoms with Gasteiger partial charge in [-0.15, -0.1) is 11.3 Å². The van der Waals surface area contributed by atoms with Crippen molar-refractivity contribution in [1.29, 1.82) is 0 Å². The summed E-state index contributed by atoms with van der Waals surface area (Å²) in [6.45, 7) is 11.7. The number of hydrogen-bond acceptors (Lipinski definition) is 4. The van der Waals surface area contributed by atoms with Crippen LogP contribution in [-0.4, -0.2) is 11.5 Å². The highest BCUT2D eigenvalue weighted by atomic mass is 32.1. The third kappa shape index (κ3) is 3.49. The molecule has 4 heteroatoms. The molecule has 0 saturated carbocycles. The van der Waals surface area contributed by atoms with E-state index in [1.807, 2.05) is 6.07 Å². The van der Waals surface area contributed by atoms with E-state index in [4.69, 9.17) is 9.40 Å². The monoisotopic (exact) mass is 292 g/mol. The van der Waals surface area contributed by atoms with E-state index in [2.05, 4.69) is 45.3 Å². The van der Waals surface area contributed by atoms with Crippen LogP contribution >= 0.6 is 11.3 Å². The molecule has 0 aliphatic heterocycles. The van der Waals surface area contributed by atoms with E-state index in [9.17, 15) is 0 Å². The van der Waals surface area contributed by atoms with Crippen LogP contribution < -0.4 is 5.32 Å². The lowest BCUT2D eigenvalue weighted by atomic mass is 9.93. The van der Waals surface area contributed by atoms with E-state index < -0.39 is 0 Å². The van der Waals surface area contributed by atoms with Crippen LogP contribution in [0.4, 0.5) is 0 Å². The minimum absolute atomic E-state index is 0.114. The van der Waals surface area contributed by atoms with E-state index >= 15 is 0 Å². The second-order valence-corrected chi connectivity index (χ2v) is 7.10. The number of hydrogen-bond donors (Lipinski definition) is 1. The first kappa shape index (κ1) is 15.3. The summed E-state index contributed by atoms with van der Waals surface area (Å²) >= 11 is 1.74. The Bertz CT molecular complexity index is 551. The van der Waals surface area contributed by atoms with E-state index in [-0.39, 0.29) is 11.5 Å². The molecule has 2 aromatic rings. The minimum Gasteiger partial charge on any atom is -0.467 e. The molecular weight excluding hydrogens is 268 g/mol. The zero-order chi connectivity index (χ0) is 14.8. The van der Waals surface area contributed by atoms with Gasteiger partial charge in [0.05, 0.1) is 23.0 Å². The van der Waals surface area contributed by atoms with Gasteiger partial charge in [0, 0.05) is 17.2 Å². The Morgan fingerprint density at radius 2 is 2.15 bits per heavy atom. The first-order valence-corrected chi connectivity index (χ1v) is 8.02. The van der Waals surface area contributed by atoms with Gasteiger partial charge in [0.2, 0.25) is 0 Å². The van der Waals surface area contributed by atoms with Crippen molar-refractivity contribution in [1.82, 2.24) is 10.3 Å². The van der Waals surface area contributed by atoms with Gasteiger partial charge < -0.3 is 9.73 Å². The summed E-state index contributed by atoms with van der Waals surface area (Å²) in [5.74, 6) is 1.03. The molecule has 0 bridgehead atoms. The summed E-state index contributed by atoms with van der Waals surface area (Å²) in [4.78, 5) is 4.78. The van der Waals surface area contributed by atoms with Crippen molar-refractivity contribution < 1.29 is 4.42 Å². The topological polar surface area (TPSA) is 38.1 Å². The Labute approximate surface area is 125 Å². The number of nitrogens with one attached hydrogen (secondary N) is 1. The van der Waals surface area contributed by atoms with Gasteiger partial charge in [0.25, 0.3) is 0 Å². The standard InChI is InChI=1S/C16H24N2OS/c1-6-17-12(15-11(2)7-8-19-15)9-14-18-13(10-20-14)16(3,4)5/h7-8,10,12,17H,6,9H2,1-5H3. The number of furan rings is 1. The molecule has 0 aliphatic carbocycles. The molecule has 0 spiro atoms. The van der Waals surface area contributed by atoms with Crippen molar-refractivity contribution in [2.45, 2.75) is 52.5 Å². The molecule has 1 N–H and O–H groups in total. The fourth-order valence-corrected chi connectivity index (χ4v) is 3.24. The Kier molecular flexibility index (Phi) is 4.66. The summed E-state index contributed by atoms with van der Waals surface area (Å²) < 4.78 is 5.64. The average molecular weight is 292 g/mol. The van der Waals surface area contributed by atoms with Crippen molar-refractivity contribution in [3.05, 3.63) is 39.7 Å². The van der Waals surface area contributed by atoms with Gasteiger partial charge in [-0.1, -0.05) is 27.7 Å². The predicted octanol–water partition coefficient (Wildman–Crippen LogP) is 4.24. The number of rotatable bonds is 5. The van der Waals surface area contributed by atoms with Crippen LogP contribution in [0.15, 0.2) is 22.1 Å². The van der Waals surface area contributed by atoms with Gasteiger partial charge in [-0.25, -0.2) is 4.98 Å². The van der Waals surface area contributed by atoms with Crippen LogP contribution in [0.1, 0.15) is 55.8 Å². The molecule has 1 atom stereocenters. The molecule has 2 heterocycles. The molecule has 110 valence electrons. The molecule has 0 fully saturated rings. The number of thiazole rings is 1. The van der Waals surface area contributed by atoms with Crippen LogP contribution in [0.3, 0.4) is 0 Å². The third-order valence-electron chi connectivity index (χ3n) is 3.37. The van der Waals surface area contributed by atoms with Crippen molar-refractivity contribution in [3.63, 3.8) is 0 Å². The van der Waals surface area contributed by atoms with E-state index in [0.29, 0.717) is 0 Å². The normalized spacial score (nSPS) is 13.7. The highest BCUT2D eigenvalue weighted by Gasteiger charge is 2.21. The number of nitrogens with zero attached hydrogens (tertiary/aromatic N) is 1. The maximum Gasteiger partial charge on any atom is 0.123 e. The van der Waals surface area contributed by atoms with Crippen molar-refractivity contribution in [3.8, 4) is 0 Å². The zero-order valence-electron chi connectivity index (χ0n) is 13.0. The highest BCUT2D eigenvalue weighted by molar-refractivity contribution is 7.09. The van der Waals surface area contributed by atoms with Crippen LogP contribution in [0, 0.1) is 6.92 Å². The zero-order valence-corrected chi connectivity index (χ0v) is 13.8. The molecule has 0 saturated heterocycles. The molecule has 1 unspecified atom stereocenters. The van der Waals surface area contributed by atoms with E-state index in [1.54, 1.807) is 17.6 Å². The van der Waals surface area contributed by atoms with Crippen LogP contribution in [0.5, 0.6) is 0 Å². The second-order valence-electron chi connectivity index (χ2n) is 6.16. The van der Waals surface area contributed by atoms with Crippen LogP contribution in [0.2, 0.25) is 0 Å². The summed E-state index contributed by atoms with van der Waals surface area (Å²) in [5.41, 5.74) is 2.48. The van der Waals surface area contributed by atoms with Gasteiger partial charge >= 0.3 is 0 Å². The molecule has 0 radical (unpaired) electrons. The number of aromatic nitrogens is 1. The fourth-order valence-electron chi connectivity index (χ4n) is 2.17. The summed E-state index contributed by atoms with van der Waals surface area (Å²) in [6, 6.07) is 2.22. The fraction of sp³-hybridized carbons (Fsp3) is 0.562. The van der Waals surface area contributed by atoms with Crippen LogP contribution in [-0.2, 0) is 11.8 Å². The Balaban J connectivity index is 2.17. The lowest BCUT2D eigenvalue weighted by molar-refractivity contribution is 0.413. The summed E-state index contributed by atoms with van der Waals surface area (Å²) in [6.07, 6.45) is 2.64. The Morgan fingerprint density at radius 3 is 2.65 bits per heavy atom. The molecule has 0 aliphatic rings. The predicted molar refractivity (Wildman–Crippen MR) is 84.4 cm³/mol. The summed E-state index contributed by atoms with van der Waals surface area (Å²) in [5, 5.41) is 6.83. The largest absolute Gasteiger partial charge is 0.467 e. The SMILES string of the molecule is CCNC(Cc1nc(C(C)(C)C)cs1)c1occc1C. The van der Waals surface area contributed by atoms with Crippen molar-refractivity contribution in [2.75, 3.05) is 6.54 Å². The Morgan fingerprint density at radius 1 is 1.40 bits per heavy atom. The average Bonchev–Trinajstić information content (AvgIpc) is 2.96. The van der Waals surface area contributed by atoms with Crippen molar-refractivity contribution >= 4 is 11.3 Å². The van der Waals surface area contributed by atoms with Gasteiger partial charge in [0.15, 0.2) is 0 Å². The quantitative estimate of drug-likeness (QED) is 0.896. The first-order chi connectivity index (χ1) is 9.41. The summed E-state index contributed by atoms with van der Waals surface area (Å²) in [7, 11) is 0. The number of aryl methyl sites for hydroxylation is 1. The first-order valence-electron chi connectivity index (χ1n) is 7.14. The second kappa shape index (κ2) is 6.10. The molecule has 2 rings (SSSR count). The maximum atomic E-state index is 5.64. The van der Waals surface area contributed by atoms with Gasteiger partial charge in [-0.05, 0) is 25.1 Å². The molecule has 20 heavy (non-hydrogen) atoms. The third-order valence-corrected chi connectivity index (χ3v) is 4.24. The van der Waals surface area contributed by atoms with Gasteiger partial charge in [-0.2, -0.15) is 0 Å². The minimum atomic E-state index is 0.114. The lowest BCUT2D eigenvalue weighted by Gasteiger charge is -2.16. The molecule has 0 amide bonds. The van der Waals surface area contributed by atoms with Crippen molar-refractivity contribution in [2.24, 2.45) is 0 Å². The molecule has 2 aromatic heterocycles. The highest BCUT2D eigenvalue weighted by Crippen LogP contribution is 2.28. The van der Waals surface area contributed by atoms with Gasteiger partial charge in [-0.3, -0.25) is 0 Å². The van der Waals surface area contributed by atoms with E-state index in [1.165, 1.54) is 11.3 Å². The molecule has 3 nitrogen and oxygen atoms in total. The van der Waals surface area contributed by atoms with E-state index in [0.717, 1.165) is 23.7 Å². The smallest absolute Gasteiger partial charge is 0.123 e.